The largest absolute Gasteiger partial charge is 0.316 e. The molecule has 0 amide bonds. The first-order valence-corrected chi connectivity index (χ1v) is 7.77. The summed E-state index contributed by atoms with van der Waals surface area (Å²) in [4.78, 5) is 0. The van der Waals surface area contributed by atoms with Gasteiger partial charge in [-0.25, -0.2) is 0 Å². The first-order valence-electron chi connectivity index (χ1n) is 7.77. The summed E-state index contributed by atoms with van der Waals surface area (Å²) in [6.45, 7) is 7.33. The molecule has 0 aliphatic heterocycles. The smallest absolute Gasteiger partial charge is 0.0121 e. The summed E-state index contributed by atoms with van der Waals surface area (Å²) in [7, 11) is 2.19. The van der Waals surface area contributed by atoms with E-state index in [4.69, 9.17) is 0 Å². The molecule has 1 nitrogen and oxygen atoms in total. The summed E-state index contributed by atoms with van der Waals surface area (Å²) in [6, 6.07) is 0.796. The number of rotatable bonds is 3. The van der Waals surface area contributed by atoms with Crippen LogP contribution in [0.3, 0.4) is 0 Å². The fraction of sp³-hybridized carbons (Fsp3) is 1.00. The molecule has 2 rings (SSSR count). The third-order valence-corrected chi connectivity index (χ3v) is 5.30. The summed E-state index contributed by atoms with van der Waals surface area (Å²) in [5, 5.41) is 3.68. The highest BCUT2D eigenvalue weighted by molar-refractivity contribution is 4.90. The van der Waals surface area contributed by atoms with Gasteiger partial charge in [-0.05, 0) is 68.7 Å². The van der Waals surface area contributed by atoms with E-state index in [2.05, 4.69) is 33.1 Å². The van der Waals surface area contributed by atoms with Crippen LogP contribution in [0.1, 0.15) is 59.3 Å². The van der Waals surface area contributed by atoms with Gasteiger partial charge in [0, 0.05) is 6.04 Å². The van der Waals surface area contributed by atoms with Crippen LogP contribution in [0.15, 0.2) is 0 Å². The molecule has 2 aliphatic rings. The van der Waals surface area contributed by atoms with E-state index >= 15 is 0 Å². The summed E-state index contributed by atoms with van der Waals surface area (Å²) >= 11 is 0. The molecule has 0 aromatic carbocycles. The van der Waals surface area contributed by atoms with Crippen molar-refractivity contribution >= 4 is 0 Å². The summed E-state index contributed by atoms with van der Waals surface area (Å²) in [6.07, 6.45) is 8.76. The van der Waals surface area contributed by atoms with Crippen molar-refractivity contribution in [3.8, 4) is 0 Å². The molecule has 17 heavy (non-hydrogen) atoms. The summed E-state index contributed by atoms with van der Waals surface area (Å²) in [5.74, 6) is 4.75. The third kappa shape index (κ3) is 3.24. The Bertz CT molecular complexity index is 228. The Hall–Kier alpha value is -0.0400. The van der Waals surface area contributed by atoms with Gasteiger partial charge >= 0.3 is 0 Å². The number of hydrogen-bond acceptors (Lipinski definition) is 1. The lowest BCUT2D eigenvalue weighted by Crippen LogP contribution is -2.42. The number of hydrogen-bond donors (Lipinski definition) is 1. The van der Waals surface area contributed by atoms with Crippen LogP contribution in [0.2, 0.25) is 0 Å². The Morgan fingerprint density at radius 2 is 1.35 bits per heavy atom. The molecule has 2 fully saturated rings. The standard InChI is InChI=1S/C16H31N/c1-11-5-6-14(8-11)16(17-4)15-9-12(2)7-13(3)10-15/h11-17H,5-10H2,1-4H3. The summed E-state index contributed by atoms with van der Waals surface area (Å²) < 4.78 is 0. The second-order valence-electron chi connectivity index (χ2n) is 7.17. The molecule has 0 aromatic heterocycles. The molecular weight excluding hydrogens is 206 g/mol. The van der Waals surface area contributed by atoms with Gasteiger partial charge in [-0.15, -0.1) is 0 Å². The zero-order valence-electron chi connectivity index (χ0n) is 12.2. The Kier molecular flexibility index (Phi) is 4.52. The minimum absolute atomic E-state index is 0.796. The van der Waals surface area contributed by atoms with Crippen molar-refractivity contribution in [3.63, 3.8) is 0 Å². The predicted octanol–water partition coefficient (Wildman–Crippen LogP) is 4.08. The van der Waals surface area contributed by atoms with Crippen LogP contribution in [0.4, 0.5) is 0 Å². The molecular formula is C16H31N. The van der Waals surface area contributed by atoms with Gasteiger partial charge in [0.25, 0.3) is 0 Å². The zero-order chi connectivity index (χ0) is 12.4. The molecule has 5 atom stereocenters. The van der Waals surface area contributed by atoms with E-state index in [-0.39, 0.29) is 0 Å². The topological polar surface area (TPSA) is 12.0 Å². The Morgan fingerprint density at radius 3 is 1.82 bits per heavy atom. The highest BCUT2D eigenvalue weighted by Crippen LogP contribution is 2.41. The fourth-order valence-corrected chi connectivity index (χ4v) is 4.74. The van der Waals surface area contributed by atoms with E-state index in [1.54, 1.807) is 0 Å². The first kappa shape index (κ1) is 13.4. The number of nitrogens with one attached hydrogen (secondary N) is 1. The van der Waals surface area contributed by atoms with E-state index < -0.39 is 0 Å². The van der Waals surface area contributed by atoms with Crippen molar-refractivity contribution in [2.45, 2.75) is 65.3 Å². The lowest BCUT2D eigenvalue weighted by Gasteiger charge is -2.39. The highest BCUT2D eigenvalue weighted by atomic mass is 14.9. The van der Waals surface area contributed by atoms with Gasteiger partial charge in [0.2, 0.25) is 0 Å². The van der Waals surface area contributed by atoms with Gasteiger partial charge < -0.3 is 5.32 Å². The second-order valence-corrected chi connectivity index (χ2v) is 7.17. The minimum atomic E-state index is 0.796. The van der Waals surface area contributed by atoms with E-state index in [1.807, 2.05) is 0 Å². The molecule has 5 unspecified atom stereocenters. The van der Waals surface area contributed by atoms with E-state index in [1.165, 1.54) is 38.5 Å². The molecule has 0 spiro atoms. The first-order chi connectivity index (χ1) is 8.10. The lowest BCUT2D eigenvalue weighted by atomic mass is 9.71. The van der Waals surface area contributed by atoms with Crippen molar-refractivity contribution < 1.29 is 0 Å². The van der Waals surface area contributed by atoms with Crippen molar-refractivity contribution in [2.75, 3.05) is 7.05 Å². The van der Waals surface area contributed by atoms with E-state index in [0.29, 0.717) is 0 Å². The maximum absolute atomic E-state index is 3.68. The van der Waals surface area contributed by atoms with Gasteiger partial charge in [-0.3, -0.25) is 0 Å². The van der Waals surface area contributed by atoms with Gasteiger partial charge in [0.15, 0.2) is 0 Å². The van der Waals surface area contributed by atoms with Crippen molar-refractivity contribution in [1.82, 2.24) is 5.32 Å². The molecule has 0 saturated heterocycles. The van der Waals surface area contributed by atoms with Crippen LogP contribution in [0.25, 0.3) is 0 Å². The quantitative estimate of drug-likeness (QED) is 0.780. The molecule has 0 aromatic rings. The molecule has 2 saturated carbocycles. The zero-order valence-corrected chi connectivity index (χ0v) is 12.2. The maximum atomic E-state index is 3.68. The fourth-order valence-electron chi connectivity index (χ4n) is 4.74. The van der Waals surface area contributed by atoms with Gasteiger partial charge in [-0.1, -0.05) is 27.2 Å². The van der Waals surface area contributed by atoms with Gasteiger partial charge in [0.1, 0.15) is 0 Å². The minimum Gasteiger partial charge on any atom is -0.316 e. The molecule has 0 radical (unpaired) electrons. The maximum Gasteiger partial charge on any atom is 0.0121 e. The molecule has 1 heteroatoms. The SMILES string of the molecule is CNC(C1CCC(C)C1)C1CC(C)CC(C)C1. The van der Waals surface area contributed by atoms with Gasteiger partial charge in [0.05, 0.1) is 0 Å². The van der Waals surface area contributed by atoms with Crippen LogP contribution in [0.5, 0.6) is 0 Å². The Morgan fingerprint density at radius 1 is 0.765 bits per heavy atom. The molecule has 1 N–H and O–H groups in total. The second kappa shape index (κ2) is 5.73. The molecule has 0 bridgehead atoms. The van der Waals surface area contributed by atoms with Crippen LogP contribution >= 0.6 is 0 Å². The molecule has 2 aliphatic carbocycles. The molecule has 100 valence electrons. The molecule has 0 heterocycles. The Balaban J connectivity index is 1.97. The van der Waals surface area contributed by atoms with Gasteiger partial charge in [-0.2, -0.15) is 0 Å². The predicted molar refractivity (Wildman–Crippen MR) is 75.0 cm³/mol. The van der Waals surface area contributed by atoms with E-state index in [9.17, 15) is 0 Å². The van der Waals surface area contributed by atoms with Crippen LogP contribution < -0.4 is 5.32 Å². The monoisotopic (exact) mass is 237 g/mol. The average Bonchev–Trinajstić information content (AvgIpc) is 2.64. The van der Waals surface area contributed by atoms with Crippen LogP contribution in [-0.4, -0.2) is 13.1 Å². The van der Waals surface area contributed by atoms with Crippen molar-refractivity contribution in [3.05, 3.63) is 0 Å². The van der Waals surface area contributed by atoms with E-state index in [0.717, 1.165) is 35.6 Å². The normalized spacial score (nSPS) is 44.8. The van der Waals surface area contributed by atoms with Crippen LogP contribution in [-0.2, 0) is 0 Å². The third-order valence-electron chi connectivity index (χ3n) is 5.30. The highest BCUT2D eigenvalue weighted by Gasteiger charge is 2.36. The average molecular weight is 237 g/mol. The summed E-state index contributed by atoms with van der Waals surface area (Å²) in [5.41, 5.74) is 0. The van der Waals surface area contributed by atoms with Crippen molar-refractivity contribution in [1.29, 1.82) is 0 Å². The Labute approximate surface area is 108 Å². The van der Waals surface area contributed by atoms with Crippen LogP contribution in [0, 0.1) is 29.6 Å². The lowest BCUT2D eigenvalue weighted by molar-refractivity contribution is 0.147. The van der Waals surface area contributed by atoms with Crippen molar-refractivity contribution in [2.24, 2.45) is 29.6 Å².